The number of hydrogen-bond donors (Lipinski definition) is 1. The van der Waals surface area contributed by atoms with E-state index in [1.807, 2.05) is 97.9 Å². The average Bonchev–Trinajstić information content (AvgIpc) is 3.24. The van der Waals surface area contributed by atoms with Gasteiger partial charge in [-0.05, 0) is 42.0 Å². The molecule has 1 atom stereocenters. The van der Waals surface area contributed by atoms with Crippen molar-refractivity contribution >= 4 is 34.2 Å². The molecule has 6 nitrogen and oxygen atoms in total. The Labute approximate surface area is 235 Å². The molecule has 0 saturated heterocycles. The number of unbranched alkanes of at least 4 members (excludes halogenated alkanes) is 1. The van der Waals surface area contributed by atoms with Crippen molar-refractivity contribution in [2.45, 2.75) is 45.7 Å². The first-order chi connectivity index (χ1) is 19.5. The molecule has 6 heteroatoms. The van der Waals surface area contributed by atoms with Crippen LogP contribution in [0.5, 0.6) is 0 Å². The zero-order valence-electron chi connectivity index (χ0n) is 23.1. The SMILES string of the molecule is CCCCNC(=O)[C@H](Cc1ccccc1)N(Cc1ccc(C)cc1)C(=O)CN1C(=O)c2cccc3cccc1c23. The number of nitrogens with one attached hydrogen (secondary N) is 1. The van der Waals surface area contributed by atoms with Crippen LogP contribution in [0.2, 0.25) is 0 Å². The van der Waals surface area contributed by atoms with E-state index in [0.29, 0.717) is 18.5 Å². The first kappa shape index (κ1) is 27.1. The minimum absolute atomic E-state index is 0.147. The summed E-state index contributed by atoms with van der Waals surface area (Å²) < 4.78 is 0. The van der Waals surface area contributed by atoms with Gasteiger partial charge in [-0.15, -0.1) is 0 Å². The van der Waals surface area contributed by atoms with Gasteiger partial charge >= 0.3 is 0 Å². The van der Waals surface area contributed by atoms with Gasteiger partial charge in [0, 0.05) is 30.5 Å². The summed E-state index contributed by atoms with van der Waals surface area (Å²) in [7, 11) is 0. The van der Waals surface area contributed by atoms with E-state index in [-0.39, 0.29) is 30.8 Å². The Kier molecular flexibility index (Phi) is 8.25. The largest absolute Gasteiger partial charge is 0.354 e. The van der Waals surface area contributed by atoms with Crippen LogP contribution in [0.25, 0.3) is 10.8 Å². The van der Waals surface area contributed by atoms with Crippen molar-refractivity contribution < 1.29 is 14.4 Å². The molecular formula is C34H35N3O3. The molecule has 1 heterocycles. The first-order valence-electron chi connectivity index (χ1n) is 14.0. The molecule has 0 saturated carbocycles. The van der Waals surface area contributed by atoms with Crippen LogP contribution in [0.4, 0.5) is 5.69 Å². The van der Waals surface area contributed by atoms with Crippen LogP contribution in [0.15, 0.2) is 91.0 Å². The summed E-state index contributed by atoms with van der Waals surface area (Å²) in [4.78, 5) is 44.5. The topological polar surface area (TPSA) is 69.7 Å². The van der Waals surface area contributed by atoms with Gasteiger partial charge in [0.25, 0.3) is 5.91 Å². The fourth-order valence-corrected chi connectivity index (χ4v) is 5.31. The van der Waals surface area contributed by atoms with Crippen LogP contribution in [-0.4, -0.2) is 41.8 Å². The van der Waals surface area contributed by atoms with Gasteiger partial charge in [-0.25, -0.2) is 0 Å². The number of anilines is 1. The van der Waals surface area contributed by atoms with Crippen LogP contribution in [0.3, 0.4) is 0 Å². The van der Waals surface area contributed by atoms with Crippen molar-refractivity contribution in [3.05, 3.63) is 113 Å². The predicted molar refractivity (Wildman–Crippen MR) is 159 cm³/mol. The quantitative estimate of drug-likeness (QED) is 0.253. The highest BCUT2D eigenvalue weighted by molar-refractivity contribution is 6.26. The third-order valence-corrected chi connectivity index (χ3v) is 7.52. The minimum atomic E-state index is -0.732. The smallest absolute Gasteiger partial charge is 0.259 e. The number of benzene rings is 4. The van der Waals surface area contributed by atoms with E-state index in [2.05, 4.69) is 12.2 Å². The molecule has 0 unspecified atom stereocenters. The molecule has 1 aliphatic heterocycles. The Morgan fingerprint density at radius 2 is 1.60 bits per heavy atom. The van der Waals surface area contributed by atoms with E-state index in [1.54, 1.807) is 9.80 Å². The summed E-state index contributed by atoms with van der Waals surface area (Å²) in [6.45, 7) is 4.76. The van der Waals surface area contributed by atoms with E-state index in [0.717, 1.165) is 46.0 Å². The van der Waals surface area contributed by atoms with Crippen LogP contribution >= 0.6 is 0 Å². The highest BCUT2D eigenvalue weighted by Crippen LogP contribution is 2.37. The van der Waals surface area contributed by atoms with Crippen molar-refractivity contribution in [3.63, 3.8) is 0 Å². The van der Waals surface area contributed by atoms with E-state index < -0.39 is 6.04 Å². The second-order valence-corrected chi connectivity index (χ2v) is 10.4. The van der Waals surface area contributed by atoms with Crippen LogP contribution in [-0.2, 0) is 22.6 Å². The van der Waals surface area contributed by atoms with Crippen LogP contribution in [0.1, 0.15) is 46.8 Å². The molecule has 5 rings (SSSR count). The molecule has 0 radical (unpaired) electrons. The van der Waals surface area contributed by atoms with Crippen LogP contribution in [0, 0.1) is 6.92 Å². The number of carbonyl (C=O) groups excluding carboxylic acids is 3. The second kappa shape index (κ2) is 12.2. The Bertz CT molecular complexity index is 1510. The molecular weight excluding hydrogens is 498 g/mol. The second-order valence-electron chi connectivity index (χ2n) is 10.4. The van der Waals surface area contributed by atoms with Crippen LogP contribution < -0.4 is 10.2 Å². The van der Waals surface area contributed by atoms with Crippen molar-refractivity contribution in [1.82, 2.24) is 10.2 Å². The molecule has 0 bridgehead atoms. The standard InChI is InChI=1S/C34H35N3O3/c1-3-4-20-35-33(39)30(21-25-10-6-5-7-11-25)36(22-26-18-16-24(2)17-19-26)31(38)23-37-29-15-9-13-27-12-8-14-28(32(27)29)34(37)40/h5-19,30H,3-4,20-23H2,1-2H3,(H,35,39)/t30-/m0/s1. The van der Waals surface area contributed by atoms with Gasteiger partial charge in [-0.2, -0.15) is 0 Å². The van der Waals surface area contributed by atoms with Gasteiger partial charge in [0.05, 0.1) is 5.69 Å². The first-order valence-corrected chi connectivity index (χ1v) is 14.0. The zero-order valence-corrected chi connectivity index (χ0v) is 23.1. The maximum absolute atomic E-state index is 14.2. The van der Waals surface area contributed by atoms with Crippen molar-refractivity contribution in [3.8, 4) is 0 Å². The maximum atomic E-state index is 14.2. The number of carbonyl (C=O) groups is 3. The number of nitrogens with zero attached hydrogens (tertiary/aromatic N) is 2. The number of amides is 3. The Morgan fingerprint density at radius 1 is 0.875 bits per heavy atom. The highest BCUT2D eigenvalue weighted by Gasteiger charge is 2.35. The third kappa shape index (κ3) is 5.76. The van der Waals surface area contributed by atoms with Crippen molar-refractivity contribution in [2.24, 2.45) is 0 Å². The lowest BCUT2D eigenvalue weighted by atomic mass is 10.0. The fourth-order valence-electron chi connectivity index (χ4n) is 5.31. The summed E-state index contributed by atoms with van der Waals surface area (Å²) in [5.74, 6) is -0.649. The van der Waals surface area contributed by atoms with Gasteiger partial charge in [-0.1, -0.05) is 97.8 Å². The summed E-state index contributed by atoms with van der Waals surface area (Å²) in [5.41, 5.74) is 4.34. The van der Waals surface area contributed by atoms with Crippen molar-refractivity contribution in [1.29, 1.82) is 0 Å². The molecule has 204 valence electrons. The molecule has 0 aromatic heterocycles. The van der Waals surface area contributed by atoms with Gasteiger partial charge < -0.3 is 10.2 Å². The lowest BCUT2D eigenvalue weighted by molar-refractivity contribution is -0.140. The lowest BCUT2D eigenvalue weighted by Gasteiger charge is -2.33. The Balaban J connectivity index is 1.49. The van der Waals surface area contributed by atoms with Gasteiger partial charge in [0.2, 0.25) is 11.8 Å². The molecule has 40 heavy (non-hydrogen) atoms. The van der Waals surface area contributed by atoms with Gasteiger partial charge in [-0.3, -0.25) is 19.3 Å². The number of rotatable bonds is 11. The average molecular weight is 534 g/mol. The lowest BCUT2D eigenvalue weighted by Crippen LogP contribution is -2.53. The van der Waals surface area contributed by atoms with Crippen molar-refractivity contribution in [2.75, 3.05) is 18.0 Å². The van der Waals surface area contributed by atoms with E-state index >= 15 is 0 Å². The summed E-state index contributed by atoms with van der Waals surface area (Å²) in [6, 6.07) is 28.4. The maximum Gasteiger partial charge on any atom is 0.259 e. The molecule has 0 aliphatic carbocycles. The summed E-state index contributed by atoms with van der Waals surface area (Å²) in [5, 5.41) is 4.88. The van der Waals surface area contributed by atoms with E-state index in [1.165, 1.54) is 0 Å². The molecule has 4 aromatic rings. The van der Waals surface area contributed by atoms with Gasteiger partial charge in [0.1, 0.15) is 12.6 Å². The zero-order chi connectivity index (χ0) is 28.1. The molecule has 3 amide bonds. The van der Waals surface area contributed by atoms with Gasteiger partial charge in [0.15, 0.2) is 0 Å². The molecule has 0 fully saturated rings. The molecule has 4 aromatic carbocycles. The third-order valence-electron chi connectivity index (χ3n) is 7.52. The Hall–Kier alpha value is -4.45. The van der Waals surface area contributed by atoms with E-state index in [9.17, 15) is 14.4 Å². The summed E-state index contributed by atoms with van der Waals surface area (Å²) in [6.07, 6.45) is 2.19. The molecule has 1 N–H and O–H groups in total. The Morgan fingerprint density at radius 3 is 2.33 bits per heavy atom. The molecule has 1 aliphatic rings. The normalized spacial score (nSPS) is 12.9. The monoisotopic (exact) mass is 533 g/mol. The van der Waals surface area contributed by atoms with E-state index in [4.69, 9.17) is 0 Å². The minimum Gasteiger partial charge on any atom is -0.354 e. The number of aryl methyl sites for hydroxylation is 1. The number of hydrogen-bond acceptors (Lipinski definition) is 3. The molecule has 0 spiro atoms. The summed E-state index contributed by atoms with van der Waals surface area (Å²) >= 11 is 0. The predicted octanol–water partition coefficient (Wildman–Crippen LogP) is 5.66. The highest BCUT2D eigenvalue weighted by atomic mass is 16.2. The fraction of sp³-hybridized carbons (Fsp3) is 0.265.